The lowest BCUT2D eigenvalue weighted by atomic mass is 10.2. The smallest absolute Gasteiger partial charge is 0.147 e. The predicted molar refractivity (Wildman–Crippen MR) is 70.8 cm³/mol. The molecule has 94 valence electrons. The summed E-state index contributed by atoms with van der Waals surface area (Å²) in [6.45, 7) is 0.600. The summed E-state index contributed by atoms with van der Waals surface area (Å²) in [6, 6.07) is 12.2. The van der Waals surface area contributed by atoms with Crippen LogP contribution in [0.5, 0.6) is 0 Å². The lowest BCUT2D eigenvalue weighted by Gasteiger charge is -2.06. The van der Waals surface area contributed by atoms with Crippen molar-refractivity contribution in [2.24, 2.45) is 0 Å². The third kappa shape index (κ3) is 3.22. The van der Waals surface area contributed by atoms with Gasteiger partial charge in [-0.25, -0.2) is 4.39 Å². The molecule has 2 nitrogen and oxygen atoms in total. The molecule has 4 heteroatoms. The van der Waals surface area contributed by atoms with Crippen LogP contribution < -0.4 is 5.73 Å². The Kier molecular flexibility index (Phi) is 4.18. The first kappa shape index (κ1) is 12.9. The third-order valence-electron chi connectivity index (χ3n) is 2.54. The Morgan fingerprint density at radius 3 is 2.50 bits per heavy atom. The van der Waals surface area contributed by atoms with Gasteiger partial charge in [0.05, 0.1) is 18.2 Å². The molecule has 0 aliphatic carbocycles. The molecular formula is C14H13ClFNO. The molecule has 0 atom stereocenters. The number of benzene rings is 2. The molecule has 0 saturated carbocycles. The van der Waals surface area contributed by atoms with Gasteiger partial charge >= 0.3 is 0 Å². The van der Waals surface area contributed by atoms with Gasteiger partial charge in [-0.2, -0.15) is 0 Å². The predicted octanol–water partition coefficient (Wildman–Crippen LogP) is 3.78. The van der Waals surface area contributed by atoms with Crippen LogP contribution in [-0.4, -0.2) is 0 Å². The van der Waals surface area contributed by atoms with Crippen LogP contribution in [0.25, 0.3) is 0 Å². The first-order valence-electron chi connectivity index (χ1n) is 5.52. The van der Waals surface area contributed by atoms with Gasteiger partial charge in [0.25, 0.3) is 0 Å². The van der Waals surface area contributed by atoms with Crippen molar-refractivity contribution < 1.29 is 9.13 Å². The summed E-state index contributed by atoms with van der Waals surface area (Å²) in [7, 11) is 0. The second-order valence-corrected chi connectivity index (χ2v) is 4.35. The van der Waals surface area contributed by atoms with E-state index in [9.17, 15) is 4.39 Å². The molecule has 0 heterocycles. The Hall–Kier alpha value is -1.58. The highest BCUT2D eigenvalue weighted by Gasteiger charge is 2.05. The number of hydrogen-bond acceptors (Lipinski definition) is 2. The van der Waals surface area contributed by atoms with Crippen LogP contribution in [0.1, 0.15) is 11.1 Å². The van der Waals surface area contributed by atoms with E-state index in [0.717, 1.165) is 5.56 Å². The maximum absolute atomic E-state index is 13.6. The number of hydrogen-bond donors (Lipinski definition) is 1. The van der Waals surface area contributed by atoms with E-state index in [0.29, 0.717) is 17.9 Å². The van der Waals surface area contributed by atoms with Gasteiger partial charge in [0.2, 0.25) is 0 Å². The van der Waals surface area contributed by atoms with Crippen molar-refractivity contribution in [2.45, 2.75) is 13.2 Å². The molecule has 0 aliphatic heterocycles. The summed E-state index contributed by atoms with van der Waals surface area (Å²) in [5.74, 6) is -0.420. The van der Waals surface area contributed by atoms with Gasteiger partial charge in [-0.15, -0.1) is 0 Å². The molecule has 2 rings (SSSR count). The van der Waals surface area contributed by atoms with Crippen LogP contribution in [0.3, 0.4) is 0 Å². The van der Waals surface area contributed by atoms with Gasteiger partial charge < -0.3 is 10.5 Å². The van der Waals surface area contributed by atoms with Crippen molar-refractivity contribution >= 4 is 17.3 Å². The van der Waals surface area contributed by atoms with Gasteiger partial charge in [0.1, 0.15) is 5.82 Å². The second-order valence-electron chi connectivity index (χ2n) is 3.95. The topological polar surface area (TPSA) is 35.2 Å². The summed E-state index contributed by atoms with van der Waals surface area (Å²) in [5.41, 5.74) is 7.73. The summed E-state index contributed by atoms with van der Waals surface area (Å²) in [6.07, 6.45) is 0. The van der Waals surface area contributed by atoms with E-state index in [1.807, 2.05) is 12.1 Å². The molecule has 2 N–H and O–H groups in total. The van der Waals surface area contributed by atoms with Crippen LogP contribution in [-0.2, 0) is 18.0 Å². The van der Waals surface area contributed by atoms with Crippen molar-refractivity contribution in [3.05, 3.63) is 64.4 Å². The minimum Gasteiger partial charge on any atom is -0.399 e. The molecule has 0 unspecified atom stereocenters. The van der Waals surface area contributed by atoms with E-state index in [1.165, 1.54) is 6.07 Å². The Labute approximate surface area is 110 Å². The maximum Gasteiger partial charge on any atom is 0.147 e. The van der Waals surface area contributed by atoms with Crippen LogP contribution >= 0.6 is 11.6 Å². The van der Waals surface area contributed by atoms with Gasteiger partial charge in [-0.05, 0) is 23.8 Å². The summed E-state index contributed by atoms with van der Waals surface area (Å²) < 4.78 is 19.0. The van der Waals surface area contributed by atoms with Gasteiger partial charge in [-0.1, -0.05) is 35.9 Å². The number of halogens is 2. The molecule has 2 aromatic rings. The molecule has 0 spiro atoms. The second kappa shape index (κ2) is 5.85. The Morgan fingerprint density at radius 2 is 1.78 bits per heavy atom. The van der Waals surface area contributed by atoms with E-state index in [4.69, 9.17) is 22.1 Å². The molecule has 0 bridgehead atoms. The van der Waals surface area contributed by atoms with E-state index >= 15 is 0 Å². The molecule has 0 fully saturated rings. The molecular weight excluding hydrogens is 253 g/mol. The monoisotopic (exact) mass is 265 g/mol. The van der Waals surface area contributed by atoms with E-state index in [2.05, 4.69) is 0 Å². The Bertz CT molecular complexity index is 528. The molecule has 0 amide bonds. The SMILES string of the molecule is Nc1ccc(COCc2cccc(Cl)c2F)cc1. The van der Waals surface area contributed by atoms with E-state index in [-0.39, 0.29) is 11.6 Å². The van der Waals surface area contributed by atoms with E-state index < -0.39 is 5.82 Å². The first-order valence-corrected chi connectivity index (χ1v) is 5.89. The zero-order chi connectivity index (χ0) is 13.0. The minimum atomic E-state index is -0.420. The molecule has 0 radical (unpaired) electrons. The average Bonchev–Trinajstić information content (AvgIpc) is 2.37. The summed E-state index contributed by atoms with van der Waals surface area (Å²) in [5, 5.41) is 0.114. The number of anilines is 1. The van der Waals surface area contributed by atoms with Gasteiger partial charge in [0.15, 0.2) is 0 Å². The fraction of sp³-hybridized carbons (Fsp3) is 0.143. The fourth-order valence-electron chi connectivity index (χ4n) is 1.55. The Balaban J connectivity index is 1.92. The first-order chi connectivity index (χ1) is 8.66. The fourth-order valence-corrected chi connectivity index (χ4v) is 1.75. The molecule has 0 aliphatic rings. The highest BCUT2D eigenvalue weighted by Crippen LogP contribution is 2.19. The normalized spacial score (nSPS) is 10.6. The third-order valence-corrected chi connectivity index (χ3v) is 2.83. The largest absolute Gasteiger partial charge is 0.399 e. The van der Waals surface area contributed by atoms with Crippen molar-refractivity contribution in [3.63, 3.8) is 0 Å². The number of nitrogens with two attached hydrogens (primary N) is 1. The summed E-state index contributed by atoms with van der Waals surface area (Å²) in [4.78, 5) is 0. The van der Waals surface area contributed by atoms with Gasteiger partial charge in [0, 0.05) is 11.3 Å². The molecule has 18 heavy (non-hydrogen) atoms. The van der Waals surface area contributed by atoms with Crippen molar-refractivity contribution in [3.8, 4) is 0 Å². The number of ether oxygens (including phenoxy) is 1. The average molecular weight is 266 g/mol. The van der Waals surface area contributed by atoms with Crippen molar-refractivity contribution in [2.75, 3.05) is 5.73 Å². The quantitative estimate of drug-likeness (QED) is 0.854. The lowest BCUT2D eigenvalue weighted by molar-refractivity contribution is 0.105. The summed E-state index contributed by atoms with van der Waals surface area (Å²) >= 11 is 5.68. The van der Waals surface area contributed by atoms with Crippen LogP contribution in [0.2, 0.25) is 5.02 Å². The molecule has 2 aromatic carbocycles. The number of rotatable bonds is 4. The molecule has 0 saturated heterocycles. The van der Waals surface area contributed by atoms with Crippen LogP contribution in [0, 0.1) is 5.82 Å². The minimum absolute atomic E-state index is 0.114. The van der Waals surface area contributed by atoms with Crippen molar-refractivity contribution in [1.82, 2.24) is 0 Å². The lowest BCUT2D eigenvalue weighted by Crippen LogP contribution is -1.97. The maximum atomic E-state index is 13.6. The van der Waals surface area contributed by atoms with Crippen LogP contribution in [0.15, 0.2) is 42.5 Å². The zero-order valence-electron chi connectivity index (χ0n) is 9.70. The van der Waals surface area contributed by atoms with Crippen LogP contribution in [0.4, 0.5) is 10.1 Å². The van der Waals surface area contributed by atoms with Crippen molar-refractivity contribution in [1.29, 1.82) is 0 Å². The van der Waals surface area contributed by atoms with Gasteiger partial charge in [-0.3, -0.25) is 0 Å². The Morgan fingerprint density at radius 1 is 1.06 bits per heavy atom. The highest BCUT2D eigenvalue weighted by molar-refractivity contribution is 6.30. The number of nitrogen functional groups attached to an aromatic ring is 1. The highest BCUT2D eigenvalue weighted by atomic mass is 35.5. The molecule has 0 aromatic heterocycles. The van der Waals surface area contributed by atoms with E-state index in [1.54, 1.807) is 24.3 Å². The standard InChI is InChI=1S/C14H13ClFNO/c15-13-3-1-2-11(14(13)16)9-18-8-10-4-6-12(17)7-5-10/h1-7H,8-9,17H2. The zero-order valence-corrected chi connectivity index (χ0v) is 10.5.